The first-order valence-electron chi connectivity index (χ1n) is 6.08. The minimum atomic E-state index is -3.73. The van der Waals surface area contributed by atoms with Gasteiger partial charge in [-0.25, -0.2) is 18.1 Å². The van der Waals surface area contributed by atoms with Crippen LogP contribution in [-0.2, 0) is 34.3 Å². The number of hydrogen-bond acceptors (Lipinski definition) is 6. The summed E-state index contributed by atoms with van der Waals surface area (Å²) in [4.78, 5) is 15.7. The molecule has 0 unspecified atom stereocenters. The van der Waals surface area contributed by atoms with Crippen molar-refractivity contribution >= 4 is 27.3 Å². The molecular formula is C11H14N4O4S2. The van der Waals surface area contributed by atoms with Crippen LogP contribution in [0, 0.1) is 0 Å². The zero-order valence-electron chi connectivity index (χ0n) is 11.2. The normalized spacial score (nSPS) is 11.7. The topological polar surface area (TPSA) is 114 Å². The van der Waals surface area contributed by atoms with Gasteiger partial charge in [0.05, 0.1) is 12.7 Å². The number of nitrogens with zero attached hydrogens (tertiary/aromatic N) is 3. The first kappa shape index (κ1) is 15.6. The molecule has 2 aromatic rings. The maximum Gasteiger partial charge on any atom is 0.325 e. The zero-order valence-corrected chi connectivity index (χ0v) is 12.8. The predicted molar refractivity (Wildman–Crippen MR) is 75.4 cm³/mol. The Morgan fingerprint density at radius 1 is 1.48 bits per heavy atom. The highest BCUT2D eigenvalue weighted by atomic mass is 32.2. The summed E-state index contributed by atoms with van der Waals surface area (Å²) in [7, 11) is -3.73. The van der Waals surface area contributed by atoms with E-state index in [1.54, 1.807) is 6.20 Å². The first-order valence-corrected chi connectivity index (χ1v) is 8.38. The van der Waals surface area contributed by atoms with E-state index in [4.69, 9.17) is 5.11 Å². The van der Waals surface area contributed by atoms with E-state index in [2.05, 4.69) is 14.8 Å². The van der Waals surface area contributed by atoms with Crippen LogP contribution in [0.3, 0.4) is 0 Å². The fraction of sp³-hybridized carbons (Fsp3) is 0.364. The predicted octanol–water partition coefficient (Wildman–Crippen LogP) is 0.465. The van der Waals surface area contributed by atoms with Crippen LogP contribution in [0.4, 0.5) is 0 Å². The molecule has 0 amide bonds. The van der Waals surface area contributed by atoms with Crippen molar-refractivity contribution < 1.29 is 18.3 Å². The Kier molecular flexibility index (Phi) is 4.70. The highest BCUT2D eigenvalue weighted by Crippen LogP contribution is 2.14. The third kappa shape index (κ3) is 4.09. The Bertz CT molecular complexity index is 735. The largest absolute Gasteiger partial charge is 0.480 e. The molecule has 0 aliphatic heterocycles. The highest BCUT2D eigenvalue weighted by Gasteiger charge is 2.17. The standard InChI is InChI=1S/C11H14N4O4S2/c1-2-8-3-12-10(20-8)5-14-21(18,19)9-4-13-15(6-9)7-11(16)17/h3-4,6,14H,2,5,7H2,1H3,(H,16,17). The minimum absolute atomic E-state index is 0.0731. The highest BCUT2D eigenvalue weighted by molar-refractivity contribution is 7.89. The lowest BCUT2D eigenvalue weighted by atomic mass is 10.4. The van der Waals surface area contributed by atoms with E-state index in [0.29, 0.717) is 5.01 Å². The van der Waals surface area contributed by atoms with Gasteiger partial charge in [-0.05, 0) is 6.42 Å². The Hall–Kier alpha value is -1.78. The van der Waals surface area contributed by atoms with E-state index < -0.39 is 16.0 Å². The lowest BCUT2D eigenvalue weighted by Crippen LogP contribution is -2.22. The first-order chi connectivity index (χ1) is 9.90. The molecule has 0 aliphatic rings. The molecule has 0 aliphatic carbocycles. The van der Waals surface area contributed by atoms with Crippen LogP contribution in [0.2, 0.25) is 0 Å². The summed E-state index contributed by atoms with van der Waals surface area (Å²) in [5, 5.41) is 13.0. The molecule has 2 N–H and O–H groups in total. The molecule has 2 aromatic heterocycles. The molecule has 10 heteroatoms. The van der Waals surface area contributed by atoms with Gasteiger partial charge in [-0.15, -0.1) is 11.3 Å². The van der Waals surface area contributed by atoms with Gasteiger partial charge in [0.2, 0.25) is 10.0 Å². The summed E-state index contributed by atoms with van der Waals surface area (Å²) in [6.45, 7) is 1.71. The van der Waals surface area contributed by atoms with Crippen molar-refractivity contribution in [1.29, 1.82) is 0 Å². The summed E-state index contributed by atoms with van der Waals surface area (Å²) in [6.07, 6.45) is 4.87. The summed E-state index contributed by atoms with van der Waals surface area (Å²) in [5.74, 6) is -1.09. The number of rotatable bonds is 7. The fourth-order valence-corrected chi connectivity index (χ4v) is 3.37. The number of nitrogens with one attached hydrogen (secondary N) is 1. The second-order valence-corrected chi connectivity index (χ2v) is 7.13. The van der Waals surface area contributed by atoms with Crippen molar-refractivity contribution in [3.8, 4) is 0 Å². The lowest BCUT2D eigenvalue weighted by molar-refractivity contribution is -0.137. The van der Waals surface area contributed by atoms with Gasteiger partial charge in [0.25, 0.3) is 0 Å². The van der Waals surface area contributed by atoms with Crippen LogP contribution < -0.4 is 4.72 Å². The number of sulfonamides is 1. The second-order valence-electron chi connectivity index (χ2n) is 4.17. The molecule has 0 saturated heterocycles. The SMILES string of the molecule is CCc1cnc(CNS(=O)(=O)c2cnn(CC(=O)O)c2)s1. The van der Waals surface area contributed by atoms with E-state index >= 15 is 0 Å². The fourth-order valence-electron chi connectivity index (χ4n) is 1.54. The number of carboxylic acids is 1. The van der Waals surface area contributed by atoms with Gasteiger partial charge in [-0.2, -0.15) is 5.10 Å². The quantitative estimate of drug-likeness (QED) is 0.762. The van der Waals surface area contributed by atoms with E-state index in [1.165, 1.54) is 17.5 Å². The van der Waals surface area contributed by atoms with Gasteiger partial charge in [-0.1, -0.05) is 6.92 Å². The monoisotopic (exact) mass is 330 g/mol. The molecule has 2 rings (SSSR count). The molecule has 0 spiro atoms. The van der Waals surface area contributed by atoms with Crippen molar-refractivity contribution in [3.05, 3.63) is 28.5 Å². The summed E-state index contributed by atoms with van der Waals surface area (Å²) < 4.78 is 27.6. The Morgan fingerprint density at radius 2 is 2.24 bits per heavy atom. The van der Waals surface area contributed by atoms with Gasteiger partial charge in [0, 0.05) is 17.3 Å². The minimum Gasteiger partial charge on any atom is -0.480 e. The molecule has 0 aromatic carbocycles. The maximum atomic E-state index is 12.0. The van der Waals surface area contributed by atoms with Crippen molar-refractivity contribution in [2.24, 2.45) is 0 Å². The smallest absolute Gasteiger partial charge is 0.325 e. The molecule has 2 heterocycles. The number of aromatic nitrogens is 3. The van der Waals surface area contributed by atoms with Crippen molar-refractivity contribution in [1.82, 2.24) is 19.5 Å². The number of carboxylic acid groups (broad SMARTS) is 1. The van der Waals surface area contributed by atoms with Crippen LogP contribution in [0.25, 0.3) is 0 Å². The van der Waals surface area contributed by atoms with Crippen LogP contribution in [-0.4, -0.2) is 34.3 Å². The Labute approximate surface area is 125 Å². The Balaban J connectivity index is 2.04. The molecule has 0 atom stereocenters. The van der Waals surface area contributed by atoms with Crippen LogP contribution in [0.15, 0.2) is 23.5 Å². The van der Waals surface area contributed by atoms with E-state index in [-0.39, 0.29) is 18.0 Å². The summed E-state index contributed by atoms with van der Waals surface area (Å²) >= 11 is 1.45. The van der Waals surface area contributed by atoms with Crippen LogP contribution in [0.1, 0.15) is 16.8 Å². The van der Waals surface area contributed by atoms with Crippen molar-refractivity contribution in [2.75, 3.05) is 0 Å². The molecule has 0 bridgehead atoms. The average Bonchev–Trinajstić information content (AvgIpc) is 3.04. The number of hydrogen-bond donors (Lipinski definition) is 2. The number of thiazole rings is 1. The lowest BCUT2D eigenvalue weighted by Gasteiger charge is -2.01. The van der Waals surface area contributed by atoms with Crippen molar-refractivity contribution in [2.45, 2.75) is 31.3 Å². The summed E-state index contributed by atoms with van der Waals surface area (Å²) in [5.41, 5.74) is 0. The molecule has 21 heavy (non-hydrogen) atoms. The molecule has 114 valence electrons. The number of aliphatic carboxylic acids is 1. The molecule has 8 nitrogen and oxygen atoms in total. The third-order valence-electron chi connectivity index (χ3n) is 2.58. The van der Waals surface area contributed by atoms with Gasteiger partial charge in [-0.3, -0.25) is 9.48 Å². The van der Waals surface area contributed by atoms with E-state index in [9.17, 15) is 13.2 Å². The van der Waals surface area contributed by atoms with Gasteiger partial charge in [0.1, 0.15) is 16.4 Å². The molecule has 0 radical (unpaired) electrons. The van der Waals surface area contributed by atoms with Crippen LogP contribution in [0.5, 0.6) is 0 Å². The third-order valence-corrected chi connectivity index (χ3v) is 5.08. The molecular weight excluding hydrogens is 316 g/mol. The van der Waals surface area contributed by atoms with Crippen LogP contribution >= 0.6 is 11.3 Å². The maximum absolute atomic E-state index is 12.0. The van der Waals surface area contributed by atoms with Gasteiger partial charge >= 0.3 is 5.97 Å². The van der Waals surface area contributed by atoms with E-state index in [0.717, 1.165) is 22.2 Å². The van der Waals surface area contributed by atoms with Gasteiger partial charge in [0.15, 0.2) is 0 Å². The summed E-state index contributed by atoms with van der Waals surface area (Å²) in [6, 6.07) is 0. The zero-order chi connectivity index (χ0) is 15.5. The molecule has 0 fully saturated rings. The second kappa shape index (κ2) is 6.33. The number of carbonyl (C=O) groups is 1. The van der Waals surface area contributed by atoms with Crippen molar-refractivity contribution in [3.63, 3.8) is 0 Å². The number of aryl methyl sites for hydroxylation is 1. The Morgan fingerprint density at radius 3 is 2.86 bits per heavy atom. The average molecular weight is 330 g/mol. The van der Waals surface area contributed by atoms with Gasteiger partial charge < -0.3 is 5.11 Å². The van der Waals surface area contributed by atoms with E-state index in [1.807, 2.05) is 6.92 Å². The molecule has 0 saturated carbocycles.